The van der Waals surface area contributed by atoms with Gasteiger partial charge in [0, 0.05) is 26.6 Å². The fraction of sp³-hybridized carbons (Fsp3) is 0.667. The second-order valence-corrected chi connectivity index (χ2v) is 7.54. The number of aliphatic hydroxyl groups is 1. The zero-order valence-corrected chi connectivity index (χ0v) is 16.2. The van der Waals surface area contributed by atoms with Crippen molar-refractivity contribution in [1.82, 2.24) is 0 Å². The Balaban J connectivity index is 1.49. The van der Waals surface area contributed by atoms with Crippen LogP contribution in [-0.2, 0) is 25.6 Å². The van der Waals surface area contributed by atoms with Crippen molar-refractivity contribution >= 4 is 5.97 Å². The van der Waals surface area contributed by atoms with E-state index in [0.717, 1.165) is 17.7 Å². The second kappa shape index (κ2) is 9.53. The highest BCUT2D eigenvalue weighted by Gasteiger charge is 2.35. The van der Waals surface area contributed by atoms with E-state index in [4.69, 9.17) is 18.9 Å². The van der Waals surface area contributed by atoms with Crippen molar-refractivity contribution in [3.05, 3.63) is 29.3 Å². The van der Waals surface area contributed by atoms with E-state index in [1.54, 1.807) is 7.11 Å². The summed E-state index contributed by atoms with van der Waals surface area (Å²) >= 11 is 0. The summed E-state index contributed by atoms with van der Waals surface area (Å²) in [5.74, 6) is 1.13. The molecule has 1 aromatic carbocycles. The molecule has 3 unspecified atom stereocenters. The Morgan fingerprint density at radius 3 is 2.78 bits per heavy atom. The van der Waals surface area contributed by atoms with E-state index in [1.807, 2.05) is 13.0 Å². The summed E-state index contributed by atoms with van der Waals surface area (Å²) < 4.78 is 21.9. The molecule has 1 aromatic rings. The van der Waals surface area contributed by atoms with Gasteiger partial charge in [-0.25, -0.2) is 0 Å². The molecule has 0 aromatic heterocycles. The third-order valence-electron chi connectivity index (χ3n) is 5.09. The number of carbonyl (C=O) groups excluding carboxylic acids is 1. The Morgan fingerprint density at radius 1 is 1.30 bits per heavy atom. The number of cyclic esters (lactones) is 1. The Morgan fingerprint density at radius 2 is 2.11 bits per heavy atom. The summed E-state index contributed by atoms with van der Waals surface area (Å²) in [6.07, 6.45) is 2.56. The average Bonchev–Trinajstić information content (AvgIpc) is 3.44. The van der Waals surface area contributed by atoms with Crippen molar-refractivity contribution < 1.29 is 28.8 Å². The maximum atomic E-state index is 11.4. The van der Waals surface area contributed by atoms with E-state index in [2.05, 4.69) is 12.1 Å². The first-order valence-corrected chi connectivity index (χ1v) is 9.79. The summed E-state index contributed by atoms with van der Waals surface area (Å²) in [7, 11) is 1.69. The van der Waals surface area contributed by atoms with Crippen molar-refractivity contribution in [2.45, 2.75) is 57.3 Å². The van der Waals surface area contributed by atoms with Crippen LogP contribution in [0.4, 0.5) is 0 Å². The number of esters is 1. The lowest BCUT2D eigenvalue weighted by molar-refractivity contribution is -0.149. The Labute approximate surface area is 160 Å². The predicted octanol–water partition coefficient (Wildman–Crippen LogP) is 2.81. The van der Waals surface area contributed by atoms with Gasteiger partial charge >= 0.3 is 5.97 Å². The summed E-state index contributed by atoms with van der Waals surface area (Å²) in [6, 6.07) is 6.21. The lowest BCUT2D eigenvalue weighted by Crippen LogP contribution is -2.30. The van der Waals surface area contributed by atoms with Crippen LogP contribution in [-0.4, -0.2) is 50.2 Å². The molecule has 1 saturated heterocycles. The van der Waals surface area contributed by atoms with Crippen LogP contribution < -0.4 is 4.74 Å². The fourth-order valence-corrected chi connectivity index (χ4v) is 3.31. The van der Waals surface area contributed by atoms with Crippen molar-refractivity contribution in [3.63, 3.8) is 0 Å². The van der Waals surface area contributed by atoms with Crippen LogP contribution in [0, 0.1) is 5.92 Å². The Hall–Kier alpha value is -1.63. The minimum Gasteiger partial charge on any atom is -0.493 e. The molecule has 0 bridgehead atoms. The zero-order valence-electron chi connectivity index (χ0n) is 16.2. The van der Waals surface area contributed by atoms with Crippen LogP contribution in [0.25, 0.3) is 0 Å². The van der Waals surface area contributed by atoms with Crippen molar-refractivity contribution in [2.75, 3.05) is 26.9 Å². The maximum absolute atomic E-state index is 11.4. The van der Waals surface area contributed by atoms with Crippen LogP contribution in [0.2, 0.25) is 0 Å². The van der Waals surface area contributed by atoms with Gasteiger partial charge in [-0.1, -0.05) is 19.1 Å². The van der Waals surface area contributed by atoms with Crippen LogP contribution in [0.1, 0.15) is 49.7 Å². The average molecular weight is 378 g/mol. The SMILES string of the molecule is COCCCOc1cc(COCC(O)C2CC(C)C(=O)O2)ccc1C1CC1. The second-order valence-electron chi connectivity index (χ2n) is 7.54. The Kier molecular flexibility index (Phi) is 7.10. The molecule has 1 aliphatic carbocycles. The first-order chi connectivity index (χ1) is 13.1. The molecular formula is C21H30O6. The largest absolute Gasteiger partial charge is 0.493 e. The summed E-state index contributed by atoms with van der Waals surface area (Å²) in [4.78, 5) is 11.4. The van der Waals surface area contributed by atoms with Crippen molar-refractivity contribution in [2.24, 2.45) is 5.92 Å². The maximum Gasteiger partial charge on any atom is 0.309 e. The number of carbonyl (C=O) groups is 1. The molecule has 27 heavy (non-hydrogen) atoms. The number of benzene rings is 1. The van der Waals surface area contributed by atoms with Crippen LogP contribution in [0.5, 0.6) is 5.75 Å². The number of methoxy groups -OCH3 is 1. The smallest absolute Gasteiger partial charge is 0.309 e. The Bertz CT molecular complexity index is 627. The molecule has 3 atom stereocenters. The van der Waals surface area contributed by atoms with Gasteiger partial charge in [-0.05, 0) is 36.0 Å². The first-order valence-electron chi connectivity index (χ1n) is 9.79. The molecule has 150 valence electrons. The first kappa shape index (κ1) is 20.1. The van der Waals surface area contributed by atoms with Gasteiger partial charge in [0.05, 0.1) is 25.7 Å². The number of rotatable bonds is 11. The van der Waals surface area contributed by atoms with Gasteiger partial charge in [0.25, 0.3) is 0 Å². The number of hydrogen-bond donors (Lipinski definition) is 1. The quantitative estimate of drug-likeness (QED) is 0.471. The third kappa shape index (κ3) is 5.67. The minimum atomic E-state index is -0.797. The molecule has 0 spiro atoms. The summed E-state index contributed by atoms with van der Waals surface area (Å²) in [5, 5.41) is 10.2. The molecule has 1 N–H and O–H groups in total. The summed E-state index contributed by atoms with van der Waals surface area (Å²) in [5.41, 5.74) is 2.27. The van der Waals surface area contributed by atoms with Crippen molar-refractivity contribution in [3.8, 4) is 5.75 Å². The molecule has 1 saturated carbocycles. The van der Waals surface area contributed by atoms with Crippen LogP contribution >= 0.6 is 0 Å². The van der Waals surface area contributed by atoms with E-state index >= 15 is 0 Å². The molecule has 1 heterocycles. The van der Waals surface area contributed by atoms with Crippen LogP contribution in [0.15, 0.2) is 18.2 Å². The van der Waals surface area contributed by atoms with Gasteiger partial charge in [0.1, 0.15) is 18.0 Å². The molecule has 0 amide bonds. The predicted molar refractivity (Wildman–Crippen MR) is 99.7 cm³/mol. The highest BCUT2D eigenvalue weighted by atomic mass is 16.6. The summed E-state index contributed by atoms with van der Waals surface area (Å²) in [6.45, 7) is 3.64. The molecule has 3 rings (SSSR count). The van der Waals surface area contributed by atoms with E-state index < -0.39 is 12.2 Å². The molecule has 0 radical (unpaired) electrons. The number of hydrogen-bond acceptors (Lipinski definition) is 6. The fourth-order valence-electron chi connectivity index (χ4n) is 3.31. The van der Waals surface area contributed by atoms with E-state index in [-0.39, 0.29) is 18.5 Å². The molecular weight excluding hydrogens is 348 g/mol. The zero-order chi connectivity index (χ0) is 19.2. The molecule has 2 aliphatic rings. The van der Waals surface area contributed by atoms with Gasteiger partial charge in [0.15, 0.2) is 0 Å². The van der Waals surface area contributed by atoms with Crippen LogP contribution in [0.3, 0.4) is 0 Å². The number of ether oxygens (including phenoxy) is 4. The number of aliphatic hydroxyl groups excluding tert-OH is 1. The highest BCUT2D eigenvalue weighted by Crippen LogP contribution is 2.44. The van der Waals surface area contributed by atoms with Gasteiger partial charge in [-0.15, -0.1) is 0 Å². The van der Waals surface area contributed by atoms with Gasteiger partial charge in [-0.3, -0.25) is 4.79 Å². The standard InChI is InChI=1S/C21H30O6/c1-14-10-20(27-21(14)23)18(22)13-25-12-15-4-7-17(16-5-6-16)19(11-15)26-9-3-8-24-2/h4,7,11,14,16,18,20,22H,3,5-6,8-10,12-13H2,1-2H3. The van der Waals surface area contributed by atoms with Gasteiger partial charge in [-0.2, -0.15) is 0 Å². The van der Waals surface area contributed by atoms with Crippen molar-refractivity contribution in [1.29, 1.82) is 0 Å². The minimum absolute atomic E-state index is 0.138. The molecule has 2 fully saturated rings. The highest BCUT2D eigenvalue weighted by molar-refractivity contribution is 5.74. The third-order valence-corrected chi connectivity index (χ3v) is 5.09. The monoisotopic (exact) mass is 378 g/mol. The van der Waals surface area contributed by atoms with E-state index in [0.29, 0.717) is 32.2 Å². The van der Waals surface area contributed by atoms with E-state index in [1.165, 1.54) is 18.4 Å². The van der Waals surface area contributed by atoms with E-state index in [9.17, 15) is 9.90 Å². The lowest BCUT2D eigenvalue weighted by Gasteiger charge is -2.17. The molecule has 6 nitrogen and oxygen atoms in total. The lowest BCUT2D eigenvalue weighted by atomic mass is 10.0. The van der Waals surface area contributed by atoms with Gasteiger partial charge < -0.3 is 24.1 Å². The topological polar surface area (TPSA) is 74.2 Å². The van der Waals surface area contributed by atoms with Gasteiger partial charge in [0.2, 0.25) is 0 Å². The molecule has 1 aliphatic heterocycles. The molecule has 6 heteroatoms. The normalized spacial score (nSPS) is 23.3.